The molecule has 0 spiro atoms. The maximum Gasteiger partial charge on any atom is 0.412 e. The Morgan fingerprint density at radius 3 is 2.75 bits per heavy atom. The number of aromatic nitrogens is 1. The number of amides is 1. The molecule has 1 amide bonds. The third kappa shape index (κ3) is 4.06. The maximum atomic E-state index is 11.4. The SMILES string of the molecule is CC(C)(C)OC(=O)Nc1cc(Br)cnc1O. The summed E-state index contributed by atoms with van der Waals surface area (Å²) in [6.07, 6.45) is 0.790. The zero-order chi connectivity index (χ0) is 12.3. The number of nitrogens with zero attached hydrogens (tertiary/aromatic N) is 1. The van der Waals surface area contributed by atoms with Crippen LogP contribution in [0.15, 0.2) is 16.7 Å². The maximum absolute atomic E-state index is 11.4. The van der Waals surface area contributed by atoms with Crippen LogP contribution in [-0.2, 0) is 4.74 Å². The minimum atomic E-state index is -0.636. The molecule has 0 radical (unpaired) electrons. The molecule has 88 valence electrons. The van der Waals surface area contributed by atoms with Gasteiger partial charge < -0.3 is 9.84 Å². The van der Waals surface area contributed by atoms with Gasteiger partial charge in [0.1, 0.15) is 11.3 Å². The van der Waals surface area contributed by atoms with E-state index in [1.807, 2.05) is 0 Å². The lowest BCUT2D eigenvalue weighted by Gasteiger charge is -2.19. The summed E-state index contributed by atoms with van der Waals surface area (Å²) in [5.74, 6) is -0.256. The first-order valence-electron chi connectivity index (χ1n) is 4.62. The monoisotopic (exact) mass is 288 g/mol. The van der Waals surface area contributed by atoms with Gasteiger partial charge >= 0.3 is 6.09 Å². The summed E-state index contributed by atoms with van der Waals surface area (Å²) in [6, 6.07) is 1.53. The van der Waals surface area contributed by atoms with Gasteiger partial charge in [-0.3, -0.25) is 5.32 Å². The Morgan fingerprint density at radius 1 is 1.56 bits per heavy atom. The van der Waals surface area contributed by atoms with Crippen LogP contribution in [0.3, 0.4) is 0 Å². The predicted octanol–water partition coefficient (Wildman–Crippen LogP) is 2.90. The molecule has 0 aromatic carbocycles. The van der Waals surface area contributed by atoms with Crippen LogP contribution in [0.1, 0.15) is 20.8 Å². The molecular formula is C10H13BrN2O3. The molecule has 0 aliphatic carbocycles. The Bertz CT molecular complexity index is 402. The number of rotatable bonds is 1. The molecule has 1 heterocycles. The first kappa shape index (κ1) is 12.8. The molecule has 1 rings (SSSR count). The first-order valence-corrected chi connectivity index (χ1v) is 5.42. The summed E-state index contributed by atoms with van der Waals surface area (Å²) in [4.78, 5) is 15.1. The van der Waals surface area contributed by atoms with Crippen LogP contribution < -0.4 is 5.32 Å². The number of halogens is 1. The number of carbonyl (C=O) groups excluding carboxylic acids is 1. The molecule has 0 unspecified atom stereocenters. The van der Waals surface area contributed by atoms with Gasteiger partial charge in [-0.1, -0.05) is 0 Å². The van der Waals surface area contributed by atoms with Gasteiger partial charge in [-0.2, -0.15) is 0 Å². The number of hydrogen-bond donors (Lipinski definition) is 2. The topological polar surface area (TPSA) is 71.5 Å². The van der Waals surface area contributed by atoms with Crippen molar-refractivity contribution in [3.63, 3.8) is 0 Å². The van der Waals surface area contributed by atoms with Gasteiger partial charge in [0, 0.05) is 10.7 Å². The minimum Gasteiger partial charge on any atom is -0.492 e. The highest BCUT2D eigenvalue weighted by Crippen LogP contribution is 2.24. The van der Waals surface area contributed by atoms with Crippen LogP contribution in [0.2, 0.25) is 0 Å². The molecular weight excluding hydrogens is 276 g/mol. The Hall–Kier alpha value is -1.30. The van der Waals surface area contributed by atoms with Crippen LogP contribution in [-0.4, -0.2) is 21.8 Å². The van der Waals surface area contributed by atoms with Crippen molar-refractivity contribution in [2.45, 2.75) is 26.4 Å². The first-order chi connectivity index (χ1) is 7.28. The molecule has 0 aliphatic heterocycles. The van der Waals surface area contributed by atoms with Crippen LogP contribution in [0.4, 0.5) is 10.5 Å². The second-order valence-electron chi connectivity index (χ2n) is 4.15. The van der Waals surface area contributed by atoms with Gasteiger partial charge in [-0.05, 0) is 42.8 Å². The Kier molecular flexibility index (Phi) is 3.74. The van der Waals surface area contributed by atoms with E-state index in [4.69, 9.17) is 4.74 Å². The zero-order valence-electron chi connectivity index (χ0n) is 9.24. The van der Waals surface area contributed by atoms with Crippen LogP contribution >= 0.6 is 15.9 Å². The molecule has 0 saturated heterocycles. The number of carbonyl (C=O) groups is 1. The van der Waals surface area contributed by atoms with Crippen molar-refractivity contribution in [3.05, 3.63) is 16.7 Å². The van der Waals surface area contributed by atoms with Crippen molar-refractivity contribution in [2.24, 2.45) is 0 Å². The summed E-state index contributed by atoms with van der Waals surface area (Å²) in [7, 11) is 0. The van der Waals surface area contributed by atoms with Gasteiger partial charge in [0.2, 0.25) is 5.88 Å². The normalized spacial score (nSPS) is 11.0. The van der Waals surface area contributed by atoms with E-state index in [0.29, 0.717) is 4.47 Å². The molecule has 1 aromatic rings. The number of nitrogens with one attached hydrogen (secondary N) is 1. The molecule has 16 heavy (non-hydrogen) atoms. The van der Waals surface area contributed by atoms with Crippen molar-refractivity contribution in [1.82, 2.24) is 4.98 Å². The Morgan fingerprint density at radius 2 is 2.19 bits per heavy atom. The Balaban J connectivity index is 2.73. The molecule has 0 aliphatic rings. The fraction of sp³-hybridized carbons (Fsp3) is 0.400. The zero-order valence-corrected chi connectivity index (χ0v) is 10.8. The number of ether oxygens (including phenoxy) is 1. The average molecular weight is 289 g/mol. The molecule has 2 N–H and O–H groups in total. The second kappa shape index (κ2) is 4.69. The van der Waals surface area contributed by atoms with Crippen LogP contribution in [0.25, 0.3) is 0 Å². The summed E-state index contributed by atoms with van der Waals surface area (Å²) in [6.45, 7) is 5.27. The highest BCUT2D eigenvalue weighted by Gasteiger charge is 2.17. The van der Waals surface area contributed by atoms with Crippen molar-refractivity contribution < 1.29 is 14.6 Å². The lowest BCUT2D eigenvalue weighted by molar-refractivity contribution is 0.0635. The third-order valence-corrected chi connectivity index (χ3v) is 1.90. The molecule has 0 atom stereocenters. The van der Waals surface area contributed by atoms with Crippen molar-refractivity contribution in [3.8, 4) is 5.88 Å². The minimum absolute atomic E-state index is 0.198. The highest BCUT2D eigenvalue weighted by molar-refractivity contribution is 9.10. The van der Waals surface area contributed by atoms with Crippen LogP contribution in [0.5, 0.6) is 5.88 Å². The Labute approximate surface area is 102 Å². The summed E-state index contributed by atoms with van der Waals surface area (Å²) >= 11 is 3.18. The van der Waals surface area contributed by atoms with E-state index in [0.717, 1.165) is 0 Å². The van der Waals surface area contributed by atoms with E-state index in [1.165, 1.54) is 12.3 Å². The highest BCUT2D eigenvalue weighted by atomic mass is 79.9. The summed E-state index contributed by atoms with van der Waals surface area (Å²) in [5, 5.41) is 11.8. The molecule has 6 heteroatoms. The molecule has 0 bridgehead atoms. The van der Waals surface area contributed by atoms with Gasteiger partial charge in [-0.25, -0.2) is 9.78 Å². The predicted molar refractivity (Wildman–Crippen MR) is 63.5 cm³/mol. The van der Waals surface area contributed by atoms with Crippen molar-refractivity contribution in [2.75, 3.05) is 5.32 Å². The van der Waals surface area contributed by atoms with Crippen molar-refractivity contribution >= 4 is 27.7 Å². The van der Waals surface area contributed by atoms with Crippen LogP contribution in [0, 0.1) is 0 Å². The number of hydrogen-bond acceptors (Lipinski definition) is 4. The number of aromatic hydroxyl groups is 1. The molecule has 0 fully saturated rings. The van der Waals surface area contributed by atoms with Gasteiger partial charge in [0.05, 0.1) is 0 Å². The number of pyridine rings is 1. The summed E-state index contributed by atoms with van der Waals surface area (Å²) in [5.41, 5.74) is -0.386. The van der Waals surface area contributed by atoms with E-state index >= 15 is 0 Å². The van der Waals surface area contributed by atoms with E-state index < -0.39 is 11.7 Å². The van der Waals surface area contributed by atoms with E-state index in [9.17, 15) is 9.90 Å². The van der Waals surface area contributed by atoms with Crippen molar-refractivity contribution in [1.29, 1.82) is 0 Å². The van der Waals surface area contributed by atoms with Gasteiger partial charge in [0.25, 0.3) is 0 Å². The third-order valence-electron chi connectivity index (χ3n) is 1.47. The lowest BCUT2D eigenvalue weighted by atomic mass is 10.2. The second-order valence-corrected chi connectivity index (χ2v) is 5.07. The van der Waals surface area contributed by atoms with Gasteiger partial charge in [0.15, 0.2) is 0 Å². The summed E-state index contributed by atoms with van der Waals surface area (Å²) < 4.78 is 5.68. The number of anilines is 1. The molecule has 0 saturated carbocycles. The largest absolute Gasteiger partial charge is 0.492 e. The van der Waals surface area contributed by atoms with Gasteiger partial charge in [-0.15, -0.1) is 0 Å². The fourth-order valence-electron chi connectivity index (χ4n) is 0.938. The molecule has 1 aromatic heterocycles. The van der Waals surface area contributed by atoms with E-state index in [-0.39, 0.29) is 11.6 Å². The quantitative estimate of drug-likeness (QED) is 0.833. The lowest BCUT2D eigenvalue weighted by Crippen LogP contribution is -2.27. The fourth-order valence-corrected chi connectivity index (χ4v) is 1.27. The standard InChI is InChI=1S/C10H13BrN2O3/c1-10(2,3)16-9(15)13-7-4-6(11)5-12-8(7)14/h4-5H,1-3H3,(H,12,14)(H,13,15). The van der Waals surface area contributed by atoms with E-state index in [2.05, 4.69) is 26.2 Å². The smallest absolute Gasteiger partial charge is 0.412 e. The average Bonchev–Trinajstić information content (AvgIpc) is 2.08. The molecule has 5 nitrogen and oxygen atoms in total. The van der Waals surface area contributed by atoms with E-state index in [1.54, 1.807) is 20.8 Å².